The summed E-state index contributed by atoms with van der Waals surface area (Å²) >= 11 is 0. The first-order chi connectivity index (χ1) is 8.74. The number of aromatic carboxylic acids is 1. The smallest absolute Gasteiger partial charge is 0.339 e. The molecule has 0 unspecified atom stereocenters. The summed E-state index contributed by atoms with van der Waals surface area (Å²) < 4.78 is 5.46. The van der Waals surface area contributed by atoms with E-state index in [-0.39, 0.29) is 5.56 Å². The number of fused-ring (bicyclic) bond motifs is 1. The van der Waals surface area contributed by atoms with Gasteiger partial charge in [-0.3, -0.25) is 0 Å². The third-order valence-electron chi connectivity index (χ3n) is 2.89. The van der Waals surface area contributed by atoms with Crippen molar-refractivity contribution in [1.82, 2.24) is 0 Å². The number of nitriles is 1. The van der Waals surface area contributed by atoms with E-state index < -0.39 is 5.97 Å². The molecule has 94 valence electrons. The molecule has 1 aromatic carbocycles. The van der Waals surface area contributed by atoms with Crippen LogP contribution >= 0.6 is 0 Å². The average molecular weight is 246 g/mol. The van der Waals surface area contributed by atoms with Crippen LogP contribution < -0.4 is 9.64 Å². The molecule has 0 saturated carbocycles. The molecule has 0 radical (unpaired) electrons. The minimum atomic E-state index is -0.981. The lowest BCUT2D eigenvalue weighted by atomic mass is 10.1. The van der Waals surface area contributed by atoms with E-state index in [4.69, 9.17) is 15.1 Å². The molecule has 0 atom stereocenters. The van der Waals surface area contributed by atoms with Crippen molar-refractivity contribution < 1.29 is 14.6 Å². The van der Waals surface area contributed by atoms with Gasteiger partial charge < -0.3 is 14.7 Å². The molecule has 1 heterocycles. The fourth-order valence-corrected chi connectivity index (χ4v) is 2.05. The maximum atomic E-state index is 11.1. The lowest BCUT2D eigenvalue weighted by Crippen LogP contribution is -2.34. The Morgan fingerprint density at radius 2 is 2.39 bits per heavy atom. The molecule has 0 fully saturated rings. The number of carboxylic acid groups (broad SMARTS) is 1. The first-order valence-electron chi connectivity index (χ1n) is 5.85. The SMILES string of the molecule is N#CCCCN1CCOc2c(C(=O)O)cccc21. The Hall–Kier alpha value is -2.22. The van der Waals surface area contributed by atoms with Crippen LogP contribution in [0.4, 0.5) is 5.69 Å². The minimum Gasteiger partial charge on any atom is -0.489 e. The van der Waals surface area contributed by atoms with Crippen LogP contribution in [0, 0.1) is 11.3 Å². The van der Waals surface area contributed by atoms with Crippen LogP contribution in [0.2, 0.25) is 0 Å². The zero-order valence-electron chi connectivity index (χ0n) is 9.93. The minimum absolute atomic E-state index is 0.192. The van der Waals surface area contributed by atoms with Crippen LogP contribution in [-0.2, 0) is 0 Å². The number of rotatable bonds is 4. The molecule has 1 aliphatic rings. The second-order valence-corrected chi connectivity index (χ2v) is 4.06. The van der Waals surface area contributed by atoms with Gasteiger partial charge in [0.25, 0.3) is 0 Å². The number of carboxylic acids is 1. The zero-order chi connectivity index (χ0) is 13.0. The average Bonchev–Trinajstić information content (AvgIpc) is 2.38. The number of ether oxygens (including phenoxy) is 1. The third kappa shape index (κ3) is 2.38. The van der Waals surface area contributed by atoms with Crippen LogP contribution in [0.15, 0.2) is 18.2 Å². The fraction of sp³-hybridized carbons (Fsp3) is 0.385. The molecule has 1 aliphatic heterocycles. The van der Waals surface area contributed by atoms with Crippen molar-refractivity contribution in [3.05, 3.63) is 23.8 Å². The highest BCUT2D eigenvalue weighted by Crippen LogP contribution is 2.34. The van der Waals surface area contributed by atoms with E-state index in [1.165, 1.54) is 0 Å². The molecule has 0 spiro atoms. The van der Waals surface area contributed by atoms with Gasteiger partial charge in [-0.15, -0.1) is 0 Å². The second kappa shape index (κ2) is 5.41. The van der Waals surface area contributed by atoms with Gasteiger partial charge in [0.05, 0.1) is 18.3 Å². The highest BCUT2D eigenvalue weighted by molar-refractivity contribution is 5.93. The first kappa shape index (κ1) is 12.2. The van der Waals surface area contributed by atoms with Crippen molar-refractivity contribution in [2.45, 2.75) is 12.8 Å². The summed E-state index contributed by atoms with van der Waals surface area (Å²) in [5, 5.41) is 17.6. The summed E-state index contributed by atoms with van der Waals surface area (Å²) in [6.07, 6.45) is 1.28. The maximum absolute atomic E-state index is 11.1. The molecule has 18 heavy (non-hydrogen) atoms. The van der Waals surface area contributed by atoms with E-state index >= 15 is 0 Å². The van der Waals surface area contributed by atoms with Crippen molar-refractivity contribution in [3.63, 3.8) is 0 Å². The molecule has 0 saturated heterocycles. The Bertz CT molecular complexity index is 493. The predicted molar refractivity (Wildman–Crippen MR) is 66.0 cm³/mol. The molecule has 0 aromatic heterocycles. The molecular formula is C13H14N2O3. The van der Waals surface area contributed by atoms with Gasteiger partial charge >= 0.3 is 5.97 Å². The van der Waals surface area contributed by atoms with E-state index in [1.807, 2.05) is 6.07 Å². The van der Waals surface area contributed by atoms with E-state index in [9.17, 15) is 4.79 Å². The predicted octanol–water partition coefficient (Wildman–Crippen LogP) is 1.89. The normalized spacial score (nSPS) is 13.4. The molecule has 0 bridgehead atoms. The first-order valence-corrected chi connectivity index (χ1v) is 5.85. The number of hydrogen-bond donors (Lipinski definition) is 1. The quantitative estimate of drug-likeness (QED) is 0.821. The van der Waals surface area contributed by atoms with Crippen molar-refractivity contribution in [1.29, 1.82) is 5.26 Å². The Kier molecular flexibility index (Phi) is 3.68. The highest BCUT2D eigenvalue weighted by Gasteiger charge is 2.23. The van der Waals surface area contributed by atoms with Crippen LogP contribution in [0.3, 0.4) is 0 Å². The number of hydrogen-bond acceptors (Lipinski definition) is 4. The summed E-state index contributed by atoms with van der Waals surface area (Å²) in [6, 6.07) is 7.22. The van der Waals surface area contributed by atoms with Crippen LogP contribution in [-0.4, -0.2) is 30.8 Å². The van der Waals surface area contributed by atoms with Gasteiger partial charge in [-0.1, -0.05) is 6.07 Å². The Morgan fingerprint density at radius 1 is 1.56 bits per heavy atom. The molecule has 0 aliphatic carbocycles. The molecule has 1 N–H and O–H groups in total. The van der Waals surface area contributed by atoms with E-state index in [1.54, 1.807) is 12.1 Å². The van der Waals surface area contributed by atoms with Gasteiger partial charge in [0, 0.05) is 13.0 Å². The molecule has 5 heteroatoms. The third-order valence-corrected chi connectivity index (χ3v) is 2.89. The summed E-state index contributed by atoms with van der Waals surface area (Å²) in [5.74, 6) is -0.543. The number of nitrogens with zero attached hydrogens (tertiary/aromatic N) is 2. The van der Waals surface area contributed by atoms with E-state index in [2.05, 4.69) is 11.0 Å². The number of anilines is 1. The molecule has 0 amide bonds. The summed E-state index contributed by atoms with van der Waals surface area (Å²) in [6.45, 7) is 1.94. The van der Waals surface area contributed by atoms with Crippen LogP contribution in [0.25, 0.3) is 0 Å². The molecular weight excluding hydrogens is 232 g/mol. The summed E-state index contributed by atoms with van der Waals surface area (Å²) in [5.41, 5.74) is 0.997. The van der Waals surface area contributed by atoms with E-state index in [0.717, 1.165) is 25.2 Å². The molecule has 1 aromatic rings. The Labute approximate surface area is 105 Å². The van der Waals surface area contributed by atoms with Crippen molar-refractivity contribution >= 4 is 11.7 Å². The Balaban J connectivity index is 2.24. The highest BCUT2D eigenvalue weighted by atomic mass is 16.5. The zero-order valence-corrected chi connectivity index (χ0v) is 9.93. The lowest BCUT2D eigenvalue weighted by Gasteiger charge is -2.31. The number of benzene rings is 1. The van der Waals surface area contributed by atoms with E-state index in [0.29, 0.717) is 18.8 Å². The number of para-hydroxylation sites is 1. The van der Waals surface area contributed by atoms with Gasteiger partial charge in [0.1, 0.15) is 12.2 Å². The van der Waals surface area contributed by atoms with Gasteiger partial charge in [0.2, 0.25) is 0 Å². The maximum Gasteiger partial charge on any atom is 0.339 e. The largest absolute Gasteiger partial charge is 0.489 e. The lowest BCUT2D eigenvalue weighted by molar-refractivity contribution is 0.0692. The van der Waals surface area contributed by atoms with Gasteiger partial charge in [0.15, 0.2) is 5.75 Å². The monoisotopic (exact) mass is 246 g/mol. The fourth-order valence-electron chi connectivity index (χ4n) is 2.05. The van der Waals surface area contributed by atoms with Crippen molar-refractivity contribution in [3.8, 4) is 11.8 Å². The van der Waals surface area contributed by atoms with Crippen molar-refractivity contribution in [2.75, 3.05) is 24.6 Å². The standard InChI is InChI=1S/C13H14N2O3/c14-6-1-2-7-15-8-9-18-12-10(13(16)17)4-3-5-11(12)15/h3-5H,1-2,7-9H2,(H,16,17). The Morgan fingerprint density at radius 3 is 3.11 bits per heavy atom. The van der Waals surface area contributed by atoms with Gasteiger partial charge in [-0.2, -0.15) is 5.26 Å². The summed E-state index contributed by atoms with van der Waals surface area (Å²) in [7, 11) is 0. The number of carbonyl (C=O) groups is 1. The number of unbranched alkanes of at least 4 members (excludes halogenated alkanes) is 1. The second-order valence-electron chi connectivity index (χ2n) is 4.06. The summed E-state index contributed by atoms with van der Waals surface area (Å²) in [4.78, 5) is 13.2. The van der Waals surface area contributed by atoms with Gasteiger partial charge in [-0.05, 0) is 18.6 Å². The van der Waals surface area contributed by atoms with Gasteiger partial charge in [-0.25, -0.2) is 4.79 Å². The van der Waals surface area contributed by atoms with Crippen molar-refractivity contribution in [2.24, 2.45) is 0 Å². The topological polar surface area (TPSA) is 73.6 Å². The molecule has 5 nitrogen and oxygen atoms in total. The molecule has 2 rings (SSSR count). The van der Waals surface area contributed by atoms with Crippen LogP contribution in [0.1, 0.15) is 23.2 Å². The van der Waals surface area contributed by atoms with Crippen LogP contribution in [0.5, 0.6) is 5.75 Å².